The zero-order chi connectivity index (χ0) is 19.5. The van der Waals surface area contributed by atoms with E-state index < -0.39 is 0 Å². The van der Waals surface area contributed by atoms with Gasteiger partial charge >= 0.3 is 0 Å². The predicted molar refractivity (Wildman–Crippen MR) is 113 cm³/mol. The number of carbonyl (C=O) groups excluding carboxylic acids is 1. The molecule has 0 saturated carbocycles. The van der Waals surface area contributed by atoms with E-state index in [1.807, 2.05) is 72.8 Å². The number of para-hydroxylation sites is 2. The van der Waals surface area contributed by atoms with Crippen molar-refractivity contribution in [2.24, 2.45) is 4.99 Å². The summed E-state index contributed by atoms with van der Waals surface area (Å²) in [4.78, 5) is 19.7. The number of carbonyl (C=O) groups is 1. The predicted octanol–water partition coefficient (Wildman–Crippen LogP) is 5.41. The quantitative estimate of drug-likeness (QED) is 0.598. The van der Waals surface area contributed by atoms with E-state index in [4.69, 9.17) is 21.3 Å². The van der Waals surface area contributed by atoms with Crippen molar-refractivity contribution in [2.45, 2.75) is 13.0 Å². The van der Waals surface area contributed by atoms with Crippen LogP contribution >= 0.6 is 11.6 Å². The molecule has 0 unspecified atom stereocenters. The number of fused-ring (bicyclic) bond motifs is 1. The van der Waals surface area contributed by atoms with Gasteiger partial charge < -0.3 is 9.64 Å². The molecule has 3 aromatic rings. The number of benzene rings is 3. The Hall–Kier alpha value is -3.11. The lowest BCUT2D eigenvalue weighted by Crippen LogP contribution is -2.31. The molecule has 3 aromatic carbocycles. The van der Waals surface area contributed by atoms with E-state index in [-0.39, 0.29) is 12.3 Å². The minimum Gasteiger partial charge on any atom is -0.497 e. The van der Waals surface area contributed by atoms with Crippen LogP contribution in [0.4, 0.5) is 11.4 Å². The zero-order valence-electron chi connectivity index (χ0n) is 15.4. The number of methoxy groups -OCH3 is 1. The summed E-state index contributed by atoms with van der Waals surface area (Å²) in [6.07, 6.45) is 0.214. The standard InChI is InChI=1S/C23H19ClN2O2/c1-28-18-12-10-16(11-13-18)21-14-23(27)26(15-17-6-2-3-7-19(17)24)22-9-5-4-8-20(22)25-21/h2-13H,14-15H2,1H3. The highest BCUT2D eigenvalue weighted by atomic mass is 35.5. The van der Waals surface area contributed by atoms with E-state index in [1.54, 1.807) is 12.0 Å². The number of rotatable bonds is 4. The van der Waals surface area contributed by atoms with E-state index in [0.717, 1.165) is 34.0 Å². The minimum absolute atomic E-state index is 0.0144. The number of halogens is 1. The molecule has 0 spiro atoms. The maximum Gasteiger partial charge on any atom is 0.233 e. The van der Waals surface area contributed by atoms with E-state index in [0.29, 0.717) is 11.6 Å². The lowest BCUT2D eigenvalue weighted by molar-refractivity contribution is -0.117. The normalized spacial score (nSPS) is 13.6. The highest BCUT2D eigenvalue weighted by Crippen LogP contribution is 2.34. The Morgan fingerprint density at radius 2 is 1.71 bits per heavy atom. The van der Waals surface area contributed by atoms with Crippen LogP contribution in [0.2, 0.25) is 5.02 Å². The highest BCUT2D eigenvalue weighted by Gasteiger charge is 2.25. The third kappa shape index (κ3) is 3.64. The third-order valence-corrected chi connectivity index (χ3v) is 5.13. The fourth-order valence-corrected chi connectivity index (χ4v) is 3.46. The van der Waals surface area contributed by atoms with Gasteiger partial charge in [-0.25, -0.2) is 0 Å². The molecule has 0 N–H and O–H groups in total. The second kappa shape index (κ2) is 7.87. The Morgan fingerprint density at radius 3 is 2.46 bits per heavy atom. The molecule has 0 aliphatic carbocycles. The van der Waals surface area contributed by atoms with Gasteiger partial charge in [0.2, 0.25) is 5.91 Å². The van der Waals surface area contributed by atoms with Gasteiger partial charge in [0.1, 0.15) is 5.75 Å². The SMILES string of the molecule is COc1ccc(C2=Nc3ccccc3N(Cc3ccccc3Cl)C(=O)C2)cc1. The number of anilines is 1. The Kier molecular flexibility index (Phi) is 5.13. The molecule has 1 heterocycles. The second-order valence-electron chi connectivity index (χ2n) is 6.52. The maximum atomic E-state index is 13.2. The third-order valence-electron chi connectivity index (χ3n) is 4.76. The summed E-state index contributed by atoms with van der Waals surface area (Å²) < 4.78 is 5.23. The minimum atomic E-state index is -0.0144. The Morgan fingerprint density at radius 1 is 1.00 bits per heavy atom. The topological polar surface area (TPSA) is 41.9 Å². The van der Waals surface area contributed by atoms with Gasteiger partial charge in [0.15, 0.2) is 0 Å². The molecule has 28 heavy (non-hydrogen) atoms. The van der Waals surface area contributed by atoms with E-state index in [2.05, 4.69) is 0 Å². The van der Waals surface area contributed by atoms with Crippen molar-refractivity contribution in [3.63, 3.8) is 0 Å². The van der Waals surface area contributed by atoms with Crippen molar-refractivity contribution < 1.29 is 9.53 Å². The van der Waals surface area contributed by atoms with Gasteiger partial charge in [-0.05, 0) is 53.6 Å². The first-order chi connectivity index (χ1) is 13.7. The Labute approximate surface area is 169 Å². The zero-order valence-corrected chi connectivity index (χ0v) is 16.2. The van der Waals surface area contributed by atoms with Crippen molar-refractivity contribution in [1.29, 1.82) is 0 Å². The molecular formula is C23H19ClN2O2. The van der Waals surface area contributed by atoms with Gasteiger partial charge in [0.05, 0.1) is 37.2 Å². The molecular weight excluding hydrogens is 372 g/mol. The largest absolute Gasteiger partial charge is 0.497 e. The number of nitrogens with zero attached hydrogens (tertiary/aromatic N) is 2. The van der Waals surface area contributed by atoms with E-state index in [9.17, 15) is 4.79 Å². The van der Waals surface area contributed by atoms with Crippen LogP contribution in [0.3, 0.4) is 0 Å². The summed E-state index contributed by atoms with van der Waals surface area (Å²) in [6, 6.07) is 22.9. The highest BCUT2D eigenvalue weighted by molar-refractivity contribution is 6.31. The van der Waals surface area contributed by atoms with Gasteiger partial charge in [0.25, 0.3) is 0 Å². The van der Waals surface area contributed by atoms with Crippen LogP contribution in [-0.2, 0) is 11.3 Å². The molecule has 1 aliphatic heterocycles. The van der Waals surface area contributed by atoms with Gasteiger partial charge in [-0.3, -0.25) is 9.79 Å². The van der Waals surface area contributed by atoms with Crippen LogP contribution in [0, 0.1) is 0 Å². The summed E-state index contributed by atoms with van der Waals surface area (Å²) in [7, 11) is 1.63. The molecule has 0 atom stereocenters. The first-order valence-corrected chi connectivity index (χ1v) is 9.38. The van der Waals surface area contributed by atoms with E-state index in [1.165, 1.54) is 0 Å². The number of ether oxygens (including phenoxy) is 1. The molecule has 1 aliphatic rings. The molecule has 4 nitrogen and oxygen atoms in total. The molecule has 1 amide bonds. The lowest BCUT2D eigenvalue weighted by Gasteiger charge is -2.23. The van der Waals surface area contributed by atoms with Gasteiger partial charge in [-0.1, -0.05) is 41.9 Å². The van der Waals surface area contributed by atoms with Crippen LogP contribution in [0.5, 0.6) is 5.75 Å². The van der Waals surface area contributed by atoms with Crippen LogP contribution < -0.4 is 9.64 Å². The molecule has 4 rings (SSSR count). The first-order valence-electron chi connectivity index (χ1n) is 9.00. The molecule has 0 saturated heterocycles. The van der Waals surface area contributed by atoms with Crippen molar-refractivity contribution >= 4 is 34.6 Å². The monoisotopic (exact) mass is 390 g/mol. The maximum absolute atomic E-state index is 13.2. The summed E-state index contributed by atoms with van der Waals surface area (Å²) >= 11 is 6.33. The van der Waals surface area contributed by atoms with Crippen molar-refractivity contribution in [3.8, 4) is 5.75 Å². The Balaban J connectivity index is 1.73. The number of hydrogen-bond donors (Lipinski definition) is 0. The fourth-order valence-electron chi connectivity index (χ4n) is 3.27. The van der Waals surface area contributed by atoms with Crippen LogP contribution in [-0.4, -0.2) is 18.7 Å². The van der Waals surface area contributed by atoms with Crippen molar-refractivity contribution in [1.82, 2.24) is 0 Å². The number of amides is 1. The van der Waals surface area contributed by atoms with Gasteiger partial charge in [0, 0.05) is 5.02 Å². The van der Waals surface area contributed by atoms with Crippen molar-refractivity contribution in [2.75, 3.05) is 12.0 Å². The smallest absolute Gasteiger partial charge is 0.233 e. The summed E-state index contributed by atoms with van der Waals surface area (Å²) in [5, 5.41) is 0.647. The molecule has 140 valence electrons. The van der Waals surface area contributed by atoms with Crippen molar-refractivity contribution in [3.05, 3.63) is 88.9 Å². The average Bonchev–Trinajstić information content (AvgIpc) is 2.86. The summed E-state index contributed by atoms with van der Waals surface area (Å²) in [5.74, 6) is 0.754. The number of hydrogen-bond acceptors (Lipinski definition) is 3. The van der Waals surface area contributed by atoms with Crippen LogP contribution in [0.25, 0.3) is 0 Å². The summed E-state index contributed by atoms with van der Waals surface area (Å²) in [5.41, 5.74) is 4.10. The fraction of sp³-hybridized carbons (Fsp3) is 0.130. The van der Waals surface area contributed by atoms with Crippen LogP contribution in [0.1, 0.15) is 17.5 Å². The van der Waals surface area contributed by atoms with Gasteiger partial charge in [-0.2, -0.15) is 0 Å². The average molecular weight is 391 g/mol. The molecule has 0 bridgehead atoms. The molecule has 0 aromatic heterocycles. The van der Waals surface area contributed by atoms with Gasteiger partial charge in [-0.15, -0.1) is 0 Å². The molecule has 0 radical (unpaired) electrons. The van der Waals surface area contributed by atoms with Crippen LogP contribution in [0.15, 0.2) is 77.8 Å². The second-order valence-corrected chi connectivity index (χ2v) is 6.93. The molecule has 0 fully saturated rings. The number of aliphatic imine (C=N–C) groups is 1. The first kappa shape index (κ1) is 18.3. The lowest BCUT2D eigenvalue weighted by atomic mass is 10.1. The molecule has 5 heteroatoms. The Bertz CT molecular complexity index is 1040. The summed E-state index contributed by atoms with van der Waals surface area (Å²) in [6.45, 7) is 0.404. The van der Waals surface area contributed by atoms with E-state index >= 15 is 0 Å².